The lowest BCUT2D eigenvalue weighted by molar-refractivity contribution is 0.102. The van der Waals surface area contributed by atoms with Crippen LogP contribution in [0.1, 0.15) is 53.6 Å². The Hall–Kier alpha value is -3.75. The monoisotopic (exact) mass is 453 g/mol. The van der Waals surface area contributed by atoms with E-state index in [1.807, 2.05) is 36.4 Å². The Balaban J connectivity index is 1.43. The summed E-state index contributed by atoms with van der Waals surface area (Å²) < 4.78 is 5.26. The fraction of sp³-hybridized carbons (Fsp3) is 0.276. The van der Waals surface area contributed by atoms with Gasteiger partial charge in [-0.3, -0.25) is 10.1 Å². The van der Waals surface area contributed by atoms with Gasteiger partial charge in [-0.2, -0.15) is 0 Å². The van der Waals surface area contributed by atoms with Gasteiger partial charge in [0.15, 0.2) is 0 Å². The minimum Gasteiger partial charge on any atom is -0.497 e. The van der Waals surface area contributed by atoms with E-state index in [1.165, 1.54) is 24.8 Å². The van der Waals surface area contributed by atoms with Crippen LogP contribution in [0.5, 0.6) is 5.75 Å². The van der Waals surface area contributed by atoms with Gasteiger partial charge in [-0.25, -0.2) is 0 Å². The fourth-order valence-corrected chi connectivity index (χ4v) is 4.22. The molecule has 1 fully saturated rings. The Morgan fingerprint density at radius 2 is 1.68 bits per heavy atom. The molecule has 3 aromatic carbocycles. The highest BCUT2D eigenvalue weighted by Gasteiger charge is 2.29. The first-order valence-corrected chi connectivity index (χ1v) is 11.7. The molecule has 174 valence electrons. The van der Waals surface area contributed by atoms with Gasteiger partial charge in [0.1, 0.15) is 5.75 Å². The quantitative estimate of drug-likeness (QED) is 0.346. The average Bonchev–Trinajstić information content (AvgIpc) is 2.89. The van der Waals surface area contributed by atoms with Crippen molar-refractivity contribution in [2.24, 2.45) is 0 Å². The van der Waals surface area contributed by atoms with Crippen LogP contribution in [0, 0.1) is 11.8 Å². The number of benzene rings is 3. The minimum absolute atomic E-state index is 0.192. The summed E-state index contributed by atoms with van der Waals surface area (Å²) in [6.07, 6.45) is 5.67. The van der Waals surface area contributed by atoms with Crippen LogP contribution in [0.15, 0.2) is 72.8 Å². The van der Waals surface area contributed by atoms with Crippen LogP contribution < -0.4 is 21.1 Å². The zero-order valence-corrected chi connectivity index (χ0v) is 19.6. The molecule has 4 N–H and O–H groups in total. The van der Waals surface area contributed by atoms with Crippen LogP contribution in [0.2, 0.25) is 0 Å². The molecule has 0 atom stereocenters. The number of hydrogen-bond donors (Lipinski definition) is 3. The molecule has 0 aliphatic heterocycles. The Kier molecular flexibility index (Phi) is 7.51. The molecule has 0 radical (unpaired) electrons. The third kappa shape index (κ3) is 5.98. The minimum atomic E-state index is -0.195. The fourth-order valence-electron chi connectivity index (χ4n) is 4.22. The molecule has 4 rings (SSSR count). The number of nitrogens with two attached hydrogens (primary N) is 1. The first-order valence-electron chi connectivity index (χ1n) is 11.7. The number of hydrogen-bond acceptors (Lipinski definition) is 4. The van der Waals surface area contributed by atoms with Crippen LogP contribution >= 0.6 is 0 Å². The van der Waals surface area contributed by atoms with Gasteiger partial charge >= 0.3 is 0 Å². The molecule has 1 aliphatic rings. The van der Waals surface area contributed by atoms with Gasteiger partial charge in [-0.15, -0.1) is 0 Å². The van der Waals surface area contributed by atoms with Crippen LogP contribution in [-0.4, -0.2) is 18.6 Å². The maximum absolute atomic E-state index is 12.6. The number of ether oxygens (including phenoxy) is 1. The maximum atomic E-state index is 12.6. The summed E-state index contributed by atoms with van der Waals surface area (Å²) in [5, 5.41) is 6.59. The highest BCUT2D eigenvalue weighted by Crippen LogP contribution is 2.28. The van der Waals surface area contributed by atoms with Crippen molar-refractivity contribution in [1.29, 1.82) is 0 Å². The van der Waals surface area contributed by atoms with Gasteiger partial charge in [0, 0.05) is 17.7 Å². The maximum Gasteiger partial charge on any atom is 0.255 e. The van der Waals surface area contributed by atoms with E-state index in [1.54, 1.807) is 31.4 Å². The van der Waals surface area contributed by atoms with Crippen LogP contribution in [0.3, 0.4) is 0 Å². The Morgan fingerprint density at radius 3 is 2.35 bits per heavy atom. The summed E-state index contributed by atoms with van der Waals surface area (Å²) in [5.74, 6) is 7.56. The van der Waals surface area contributed by atoms with E-state index in [2.05, 4.69) is 34.6 Å². The van der Waals surface area contributed by atoms with Crippen molar-refractivity contribution < 1.29 is 9.53 Å². The lowest BCUT2D eigenvalue weighted by Crippen LogP contribution is -2.45. The van der Waals surface area contributed by atoms with Gasteiger partial charge in [-0.05, 0) is 66.9 Å². The standard InChI is InChI=1S/C29H31N3O2/c1-34-25-15-11-23(12-16-25)21-31-29(18-5-2-6-19-29)20-17-22-9-13-24(14-10-22)28(33)32-27-8-4-3-7-26(27)30/h3-4,7-16,31H,2,5-6,18-19,21,30H2,1H3,(H,32,33). The van der Waals surface area contributed by atoms with Gasteiger partial charge in [-0.1, -0.05) is 55.4 Å². The van der Waals surface area contributed by atoms with E-state index in [4.69, 9.17) is 10.5 Å². The van der Waals surface area contributed by atoms with Crippen LogP contribution in [0.4, 0.5) is 11.4 Å². The number of nitrogen functional groups attached to an aromatic ring is 1. The van der Waals surface area contributed by atoms with Crippen molar-refractivity contribution in [3.63, 3.8) is 0 Å². The summed E-state index contributed by atoms with van der Waals surface area (Å²) in [5.41, 5.74) is 9.55. The topological polar surface area (TPSA) is 76.4 Å². The number of anilines is 2. The molecule has 34 heavy (non-hydrogen) atoms. The molecule has 1 aliphatic carbocycles. The second-order valence-corrected chi connectivity index (χ2v) is 8.71. The normalized spacial score (nSPS) is 14.5. The number of para-hydroxylation sites is 2. The van der Waals surface area contributed by atoms with Crippen molar-refractivity contribution in [2.45, 2.75) is 44.2 Å². The van der Waals surface area contributed by atoms with E-state index in [0.29, 0.717) is 16.9 Å². The molecule has 0 saturated heterocycles. The number of carbonyl (C=O) groups excluding carboxylic acids is 1. The predicted octanol–water partition coefficient (Wildman–Crippen LogP) is 5.37. The van der Waals surface area contributed by atoms with Gasteiger partial charge in [0.05, 0.1) is 24.0 Å². The van der Waals surface area contributed by atoms with Crippen molar-refractivity contribution in [2.75, 3.05) is 18.2 Å². The third-order valence-electron chi connectivity index (χ3n) is 6.30. The molecule has 3 aromatic rings. The molecular formula is C29H31N3O2. The smallest absolute Gasteiger partial charge is 0.255 e. The third-order valence-corrected chi connectivity index (χ3v) is 6.30. The summed E-state index contributed by atoms with van der Waals surface area (Å²) in [6.45, 7) is 0.764. The molecule has 0 aromatic heterocycles. The zero-order valence-electron chi connectivity index (χ0n) is 19.6. The van der Waals surface area contributed by atoms with E-state index < -0.39 is 0 Å². The van der Waals surface area contributed by atoms with E-state index >= 15 is 0 Å². The van der Waals surface area contributed by atoms with Gasteiger partial charge in [0.2, 0.25) is 0 Å². The van der Waals surface area contributed by atoms with Crippen molar-refractivity contribution >= 4 is 17.3 Å². The highest BCUT2D eigenvalue weighted by molar-refractivity contribution is 6.05. The molecule has 0 bridgehead atoms. The van der Waals surface area contributed by atoms with Crippen molar-refractivity contribution in [3.8, 4) is 17.6 Å². The van der Waals surface area contributed by atoms with E-state index in [0.717, 1.165) is 30.7 Å². The van der Waals surface area contributed by atoms with Crippen molar-refractivity contribution in [3.05, 3.63) is 89.5 Å². The predicted molar refractivity (Wildman–Crippen MR) is 138 cm³/mol. The average molecular weight is 454 g/mol. The largest absolute Gasteiger partial charge is 0.497 e. The van der Waals surface area contributed by atoms with Gasteiger partial charge in [0.25, 0.3) is 5.91 Å². The summed E-state index contributed by atoms with van der Waals surface area (Å²) in [4.78, 5) is 12.6. The first-order chi connectivity index (χ1) is 16.6. The number of nitrogens with one attached hydrogen (secondary N) is 2. The van der Waals surface area contributed by atoms with Crippen molar-refractivity contribution in [1.82, 2.24) is 5.32 Å². The molecular weight excluding hydrogens is 422 g/mol. The molecule has 0 spiro atoms. The number of rotatable bonds is 6. The second kappa shape index (κ2) is 10.9. The molecule has 1 saturated carbocycles. The van der Waals surface area contributed by atoms with E-state index in [9.17, 15) is 4.79 Å². The summed E-state index contributed by atoms with van der Waals surface area (Å²) in [7, 11) is 1.68. The number of methoxy groups -OCH3 is 1. The first kappa shape index (κ1) is 23.4. The second-order valence-electron chi connectivity index (χ2n) is 8.71. The lowest BCUT2D eigenvalue weighted by atomic mass is 9.81. The summed E-state index contributed by atoms with van der Waals surface area (Å²) in [6, 6.07) is 22.8. The Labute approximate surface area is 201 Å². The Morgan fingerprint density at radius 1 is 0.971 bits per heavy atom. The summed E-state index contributed by atoms with van der Waals surface area (Å²) >= 11 is 0. The number of carbonyl (C=O) groups is 1. The van der Waals surface area contributed by atoms with Gasteiger partial charge < -0.3 is 15.8 Å². The van der Waals surface area contributed by atoms with Crippen LogP contribution in [0.25, 0.3) is 0 Å². The zero-order chi connectivity index (χ0) is 23.8. The SMILES string of the molecule is COc1ccc(CNC2(C#Cc3ccc(C(=O)Nc4ccccc4N)cc3)CCCCC2)cc1. The molecule has 0 heterocycles. The van der Waals surface area contributed by atoms with Crippen LogP contribution in [-0.2, 0) is 6.54 Å². The molecule has 5 heteroatoms. The molecule has 5 nitrogen and oxygen atoms in total. The molecule has 0 unspecified atom stereocenters. The molecule has 1 amide bonds. The highest BCUT2D eigenvalue weighted by atomic mass is 16.5. The number of amides is 1. The lowest BCUT2D eigenvalue weighted by Gasteiger charge is -2.34. The van der Waals surface area contributed by atoms with E-state index in [-0.39, 0.29) is 11.4 Å². The Bertz CT molecular complexity index is 1170.